The molecule has 1 N–H and O–H groups in total. The maximum Gasteiger partial charge on any atom is 0.130 e. The van der Waals surface area contributed by atoms with Gasteiger partial charge < -0.3 is 9.53 Å². The predicted octanol–water partition coefficient (Wildman–Crippen LogP) is 1.97. The van der Waals surface area contributed by atoms with Crippen molar-refractivity contribution in [1.29, 1.82) is 0 Å². The molecule has 0 heterocycles. The number of ketones is 1. The van der Waals surface area contributed by atoms with E-state index >= 15 is 0 Å². The number of carbonyl (C=O) groups excluding carboxylic acids is 1. The quantitative estimate of drug-likeness (QED) is 0.584. The average molecular weight is 239 g/mol. The van der Waals surface area contributed by atoms with Crippen LogP contribution in [0.2, 0.25) is 0 Å². The van der Waals surface area contributed by atoms with E-state index in [1.807, 2.05) is 24.3 Å². The molecule has 0 spiro atoms. The Bertz CT molecular complexity index is 342. The SMILES string of the molecule is CC(=O)CCc1cccc(OCCNP)c1. The molecule has 0 saturated heterocycles. The maximum atomic E-state index is 10.9. The van der Waals surface area contributed by atoms with Gasteiger partial charge in [0.2, 0.25) is 0 Å². The standard InChI is InChI=1S/C12H18NO2P/c1-10(14)5-6-11-3-2-4-12(9-11)15-8-7-13-16/h2-4,9,13H,5-8,16H2,1H3. The lowest BCUT2D eigenvalue weighted by Crippen LogP contribution is -2.11. The van der Waals surface area contributed by atoms with Crippen LogP contribution in [0.15, 0.2) is 24.3 Å². The Kier molecular flexibility index (Phi) is 6.05. The second kappa shape index (κ2) is 7.37. The first kappa shape index (κ1) is 13.1. The lowest BCUT2D eigenvalue weighted by Gasteiger charge is -2.07. The number of aryl methyl sites for hydroxylation is 1. The first-order valence-corrected chi connectivity index (χ1v) is 5.94. The first-order valence-electron chi connectivity index (χ1n) is 5.37. The summed E-state index contributed by atoms with van der Waals surface area (Å²) in [5, 5.41) is 2.94. The van der Waals surface area contributed by atoms with Gasteiger partial charge in [-0.15, -0.1) is 0 Å². The van der Waals surface area contributed by atoms with E-state index in [9.17, 15) is 4.79 Å². The zero-order valence-corrected chi connectivity index (χ0v) is 10.7. The van der Waals surface area contributed by atoms with Crippen molar-refractivity contribution in [3.8, 4) is 5.75 Å². The Balaban J connectivity index is 2.46. The summed E-state index contributed by atoms with van der Waals surface area (Å²) in [6.07, 6.45) is 1.38. The van der Waals surface area contributed by atoms with E-state index in [4.69, 9.17) is 4.74 Å². The van der Waals surface area contributed by atoms with Crippen molar-refractivity contribution in [1.82, 2.24) is 5.09 Å². The fourth-order valence-electron chi connectivity index (χ4n) is 1.34. The third-order valence-electron chi connectivity index (χ3n) is 2.18. The first-order chi connectivity index (χ1) is 7.72. The summed E-state index contributed by atoms with van der Waals surface area (Å²) in [6.45, 7) is 3.05. The summed E-state index contributed by atoms with van der Waals surface area (Å²) < 4.78 is 5.53. The number of rotatable bonds is 7. The topological polar surface area (TPSA) is 38.3 Å². The lowest BCUT2D eigenvalue weighted by molar-refractivity contribution is -0.116. The molecular formula is C12H18NO2P. The van der Waals surface area contributed by atoms with Gasteiger partial charge in [0.25, 0.3) is 0 Å². The highest BCUT2D eigenvalue weighted by Gasteiger charge is 1.99. The number of hydrogen-bond acceptors (Lipinski definition) is 3. The molecule has 1 rings (SSSR count). The van der Waals surface area contributed by atoms with Crippen molar-refractivity contribution in [2.45, 2.75) is 19.8 Å². The van der Waals surface area contributed by atoms with E-state index in [1.54, 1.807) is 6.92 Å². The van der Waals surface area contributed by atoms with Crippen molar-refractivity contribution in [2.24, 2.45) is 0 Å². The molecule has 0 aliphatic heterocycles. The van der Waals surface area contributed by atoms with E-state index < -0.39 is 0 Å². The molecule has 0 bridgehead atoms. The van der Waals surface area contributed by atoms with Crippen LogP contribution in [0.5, 0.6) is 5.75 Å². The van der Waals surface area contributed by atoms with Crippen LogP contribution < -0.4 is 9.82 Å². The van der Waals surface area contributed by atoms with Crippen LogP contribution in [0.25, 0.3) is 0 Å². The monoisotopic (exact) mass is 239 g/mol. The minimum absolute atomic E-state index is 0.221. The van der Waals surface area contributed by atoms with E-state index in [-0.39, 0.29) is 5.78 Å². The highest BCUT2D eigenvalue weighted by atomic mass is 31.0. The van der Waals surface area contributed by atoms with Crippen LogP contribution in [0, 0.1) is 0 Å². The molecule has 0 amide bonds. The van der Waals surface area contributed by atoms with Gasteiger partial charge in [-0.3, -0.25) is 5.09 Å². The second-order valence-electron chi connectivity index (χ2n) is 3.65. The van der Waals surface area contributed by atoms with Crippen LogP contribution in [-0.2, 0) is 11.2 Å². The van der Waals surface area contributed by atoms with Crippen LogP contribution in [0.1, 0.15) is 18.9 Å². The Morgan fingerprint density at radius 2 is 2.31 bits per heavy atom. The molecule has 0 radical (unpaired) electrons. The molecule has 16 heavy (non-hydrogen) atoms. The zero-order chi connectivity index (χ0) is 11.8. The van der Waals surface area contributed by atoms with Crippen molar-refractivity contribution < 1.29 is 9.53 Å². The van der Waals surface area contributed by atoms with Crippen molar-refractivity contribution in [3.05, 3.63) is 29.8 Å². The summed E-state index contributed by atoms with van der Waals surface area (Å²) in [5.41, 5.74) is 1.14. The normalized spacial score (nSPS) is 10.1. The third kappa shape index (κ3) is 5.24. The van der Waals surface area contributed by atoms with E-state index in [0.29, 0.717) is 13.0 Å². The minimum atomic E-state index is 0.221. The molecule has 1 aromatic carbocycles. The molecule has 1 unspecified atom stereocenters. The number of Topliss-reactive ketones (excluding diaryl/α,β-unsaturated/α-hetero) is 1. The minimum Gasteiger partial charge on any atom is -0.492 e. The van der Waals surface area contributed by atoms with Crippen LogP contribution in [-0.4, -0.2) is 18.9 Å². The molecule has 4 heteroatoms. The summed E-state index contributed by atoms with van der Waals surface area (Å²) in [4.78, 5) is 10.9. The summed E-state index contributed by atoms with van der Waals surface area (Å²) >= 11 is 0. The largest absolute Gasteiger partial charge is 0.492 e. The van der Waals surface area contributed by atoms with Gasteiger partial charge in [0.15, 0.2) is 0 Å². The average Bonchev–Trinajstić information content (AvgIpc) is 2.27. The zero-order valence-electron chi connectivity index (χ0n) is 9.53. The summed E-state index contributed by atoms with van der Waals surface area (Å²) in [6, 6.07) is 7.90. The van der Waals surface area contributed by atoms with E-state index in [1.165, 1.54) is 0 Å². The van der Waals surface area contributed by atoms with Gasteiger partial charge in [0.05, 0.1) is 0 Å². The Labute approximate surface area is 98.8 Å². The Hall–Kier alpha value is -0.920. The van der Waals surface area contributed by atoms with Crippen LogP contribution in [0.4, 0.5) is 0 Å². The fraction of sp³-hybridized carbons (Fsp3) is 0.417. The lowest BCUT2D eigenvalue weighted by atomic mass is 10.1. The summed E-state index contributed by atoms with van der Waals surface area (Å²) in [5.74, 6) is 1.08. The Morgan fingerprint density at radius 1 is 1.50 bits per heavy atom. The molecular weight excluding hydrogens is 221 g/mol. The number of ether oxygens (including phenoxy) is 1. The van der Waals surface area contributed by atoms with Gasteiger partial charge in [0.1, 0.15) is 18.1 Å². The highest BCUT2D eigenvalue weighted by Crippen LogP contribution is 2.14. The number of nitrogens with one attached hydrogen (secondary N) is 1. The molecule has 0 aromatic heterocycles. The number of hydrogen-bond donors (Lipinski definition) is 1. The predicted molar refractivity (Wildman–Crippen MR) is 68.7 cm³/mol. The molecule has 1 aromatic rings. The van der Waals surface area contributed by atoms with Crippen molar-refractivity contribution in [2.75, 3.05) is 13.2 Å². The van der Waals surface area contributed by atoms with E-state index in [0.717, 1.165) is 24.3 Å². The smallest absolute Gasteiger partial charge is 0.130 e. The van der Waals surface area contributed by atoms with Gasteiger partial charge in [-0.1, -0.05) is 21.5 Å². The third-order valence-corrected chi connectivity index (χ3v) is 2.47. The molecule has 0 fully saturated rings. The Morgan fingerprint density at radius 3 is 3.00 bits per heavy atom. The molecule has 0 aliphatic carbocycles. The highest BCUT2D eigenvalue weighted by molar-refractivity contribution is 7.13. The van der Waals surface area contributed by atoms with Gasteiger partial charge in [-0.05, 0) is 31.0 Å². The van der Waals surface area contributed by atoms with Gasteiger partial charge >= 0.3 is 0 Å². The molecule has 0 saturated carbocycles. The molecule has 0 aliphatic rings. The van der Waals surface area contributed by atoms with Crippen LogP contribution in [0.3, 0.4) is 0 Å². The fourth-order valence-corrected chi connectivity index (χ4v) is 1.46. The van der Waals surface area contributed by atoms with Crippen LogP contribution >= 0.6 is 9.39 Å². The molecule has 1 atom stereocenters. The summed E-state index contributed by atoms with van der Waals surface area (Å²) in [7, 11) is 2.44. The number of benzene rings is 1. The van der Waals surface area contributed by atoms with Crippen molar-refractivity contribution in [3.63, 3.8) is 0 Å². The molecule has 88 valence electrons. The van der Waals surface area contributed by atoms with Gasteiger partial charge in [0, 0.05) is 13.0 Å². The van der Waals surface area contributed by atoms with Crippen molar-refractivity contribution >= 4 is 15.2 Å². The maximum absolute atomic E-state index is 10.9. The number of carbonyl (C=O) groups is 1. The second-order valence-corrected chi connectivity index (χ2v) is 4.06. The van der Waals surface area contributed by atoms with Gasteiger partial charge in [-0.2, -0.15) is 0 Å². The van der Waals surface area contributed by atoms with Gasteiger partial charge in [-0.25, -0.2) is 0 Å². The molecule has 3 nitrogen and oxygen atoms in total. The van der Waals surface area contributed by atoms with E-state index in [2.05, 4.69) is 14.5 Å².